The van der Waals surface area contributed by atoms with Crippen molar-refractivity contribution in [2.45, 2.75) is 47.0 Å². The number of thioether (sulfide) groups is 1. The summed E-state index contributed by atoms with van der Waals surface area (Å²) in [5.41, 5.74) is -0.0992. The number of rotatable bonds is 5. The summed E-state index contributed by atoms with van der Waals surface area (Å²) in [6.07, 6.45) is 3.85. The van der Waals surface area contributed by atoms with Crippen molar-refractivity contribution in [1.29, 1.82) is 0 Å². The van der Waals surface area contributed by atoms with Gasteiger partial charge in [0.1, 0.15) is 0 Å². The van der Waals surface area contributed by atoms with Crippen LogP contribution in [-0.4, -0.2) is 17.3 Å². The highest BCUT2D eigenvalue weighted by atomic mass is 32.2. The lowest BCUT2D eigenvalue weighted by Gasteiger charge is -2.32. The lowest BCUT2D eigenvalue weighted by atomic mass is 9.72. The highest BCUT2D eigenvalue weighted by Crippen LogP contribution is 2.38. The minimum Gasteiger partial charge on any atom is -0.481 e. The summed E-state index contributed by atoms with van der Waals surface area (Å²) in [7, 11) is 0. The van der Waals surface area contributed by atoms with Gasteiger partial charge in [0, 0.05) is 6.42 Å². The van der Waals surface area contributed by atoms with Crippen molar-refractivity contribution >= 4 is 17.7 Å². The maximum Gasteiger partial charge on any atom is 0.303 e. The second kappa shape index (κ2) is 6.20. The molecule has 0 rings (SSSR count). The second-order valence-electron chi connectivity index (χ2n) is 5.74. The Bertz CT molecular complexity index is 295. The Balaban J connectivity index is 4.38. The number of carboxylic acid groups (broad SMARTS) is 1. The first-order valence-corrected chi connectivity index (χ1v) is 6.64. The van der Waals surface area contributed by atoms with E-state index in [1.807, 2.05) is 20.1 Å². The van der Waals surface area contributed by atoms with Gasteiger partial charge in [-0.25, -0.2) is 0 Å². The predicted molar refractivity (Wildman–Crippen MR) is 70.3 cm³/mol. The molecule has 1 N–H and O–H groups in total. The Morgan fingerprint density at radius 1 is 1.25 bits per heavy atom. The van der Waals surface area contributed by atoms with Crippen molar-refractivity contribution in [2.24, 2.45) is 10.8 Å². The third-order valence-corrected chi connectivity index (χ3v) is 2.68. The molecule has 0 fully saturated rings. The van der Waals surface area contributed by atoms with E-state index in [0.29, 0.717) is 0 Å². The Morgan fingerprint density at radius 3 is 2.25 bits per heavy atom. The summed E-state index contributed by atoms with van der Waals surface area (Å²) in [6.45, 7) is 8.30. The van der Waals surface area contributed by atoms with Crippen LogP contribution in [0.4, 0.5) is 0 Å². The molecule has 16 heavy (non-hydrogen) atoms. The number of hydrogen-bond acceptors (Lipinski definition) is 2. The van der Waals surface area contributed by atoms with Gasteiger partial charge in [-0.1, -0.05) is 45.4 Å². The topological polar surface area (TPSA) is 37.3 Å². The summed E-state index contributed by atoms with van der Waals surface area (Å²) >= 11 is 1.52. The molecule has 0 aliphatic carbocycles. The summed E-state index contributed by atoms with van der Waals surface area (Å²) in [4.78, 5) is 10.7. The van der Waals surface area contributed by atoms with Crippen LogP contribution in [0.2, 0.25) is 0 Å². The van der Waals surface area contributed by atoms with E-state index in [1.54, 1.807) is 0 Å². The molecule has 3 heteroatoms. The van der Waals surface area contributed by atoms with Crippen molar-refractivity contribution in [2.75, 3.05) is 6.26 Å². The molecule has 0 radical (unpaired) electrons. The molecule has 0 saturated carbocycles. The zero-order valence-corrected chi connectivity index (χ0v) is 11.7. The van der Waals surface area contributed by atoms with E-state index in [4.69, 9.17) is 5.11 Å². The molecule has 0 aliphatic heterocycles. The number of hydrogen-bond donors (Lipinski definition) is 1. The van der Waals surface area contributed by atoms with E-state index in [-0.39, 0.29) is 17.3 Å². The van der Waals surface area contributed by atoms with Gasteiger partial charge in [-0.05, 0) is 28.8 Å². The lowest BCUT2D eigenvalue weighted by Crippen LogP contribution is -2.25. The fourth-order valence-corrected chi connectivity index (χ4v) is 2.39. The fraction of sp³-hybridized carbons (Fsp3) is 0.769. The molecule has 0 saturated heterocycles. The van der Waals surface area contributed by atoms with Gasteiger partial charge in [-0.2, -0.15) is 0 Å². The van der Waals surface area contributed by atoms with Crippen molar-refractivity contribution in [3.05, 3.63) is 0 Å². The molecule has 0 aromatic heterocycles. The van der Waals surface area contributed by atoms with Crippen LogP contribution >= 0.6 is 11.8 Å². The van der Waals surface area contributed by atoms with Crippen molar-refractivity contribution in [3.8, 4) is 11.2 Å². The minimum atomic E-state index is -0.726. The SMILES string of the molecule is CSC#CCC(C)(C)CC(C)(C)CC(=O)O. The molecule has 0 heterocycles. The summed E-state index contributed by atoms with van der Waals surface area (Å²) < 4.78 is 0. The molecule has 0 aromatic carbocycles. The van der Waals surface area contributed by atoms with E-state index in [1.165, 1.54) is 11.8 Å². The Hall–Kier alpha value is -0.620. The zero-order valence-electron chi connectivity index (χ0n) is 10.9. The van der Waals surface area contributed by atoms with E-state index in [0.717, 1.165) is 12.8 Å². The van der Waals surface area contributed by atoms with Crippen LogP contribution in [-0.2, 0) is 4.79 Å². The van der Waals surface area contributed by atoms with Gasteiger partial charge in [0.25, 0.3) is 0 Å². The summed E-state index contributed by atoms with van der Waals surface area (Å²) in [5, 5.41) is 11.8. The highest BCUT2D eigenvalue weighted by molar-refractivity contribution is 8.03. The van der Waals surface area contributed by atoms with E-state index in [2.05, 4.69) is 25.0 Å². The second-order valence-corrected chi connectivity index (χ2v) is 6.35. The van der Waals surface area contributed by atoms with E-state index in [9.17, 15) is 4.79 Å². The van der Waals surface area contributed by atoms with Gasteiger partial charge in [0.15, 0.2) is 0 Å². The van der Waals surface area contributed by atoms with Crippen molar-refractivity contribution in [3.63, 3.8) is 0 Å². The first kappa shape index (κ1) is 15.4. The van der Waals surface area contributed by atoms with Gasteiger partial charge in [-0.3, -0.25) is 4.79 Å². The molecule has 0 spiro atoms. The van der Waals surface area contributed by atoms with E-state index < -0.39 is 5.97 Å². The molecule has 0 aromatic rings. The van der Waals surface area contributed by atoms with Crippen LogP contribution in [0.25, 0.3) is 0 Å². The molecule has 0 unspecified atom stereocenters. The van der Waals surface area contributed by atoms with Gasteiger partial charge in [0.2, 0.25) is 0 Å². The average Bonchev–Trinajstić information content (AvgIpc) is 1.98. The van der Waals surface area contributed by atoms with Gasteiger partial charge in [-0.15, -0.1) is 0 Å². The monoisotopic (exact) mass is 242 g/mol. The van der Waals surface area contributed by atoms with Gasteiger partial charge >= 0.3 is 5.97 Å². The first-order valence-electron chi connectivity index (χ1n) is 5.41. The maximum absolute atomic E-state index is 10.7. The van der Waals surface area contributed by atoms with E-state index >= 15 is 0 Å². The fourth-order valence-electron chi connectivity index (χ4n) is 2.18. The molecular weight excluding hydrogens is 220 g/mol. The first-order chi connectivity index (χ1) is 7.18. The zero-order chi connectivity index (χ0) is 12.8. The molecule has 0 atom stereocenters. The van der Waals surface area contributed by atoms with Crippen LogP contribution in [0, 0.1) is 22.0 Å². The normalized spacial score (nSPS) is 11.8. The molecule has 0 aliphatic rings. The van der Waals surface area contributed by atoms with Crippen LogP contribution in [0.15, 0.2) is 0 Å². The Kier molecular flexibility index (Phi) is 5.96. The third-order valence-electron chi connectivity index (χ3n) is 2.33. The molecule has 2 nitrogen and oxygen atoms in total. The van der Waals surface area contributed by atoms with Crippen LogP contribution < -0.4 is 0 Å². The van der Waals surface area contributed by atoms with Crippen molar-refractivity contribution in [1.82, 2.24) is 0 Å². The molecule has 0 bridgehead atoms. The maximum atomic E-state index is 10.7. The molecule has 0 amide bonds. The summed E-state index contributed by atoms with van der Waals surface area (Å²) in [5.74, 6) is 2.39. The van der Waals surface area contributed by atoms with Gasteiger partial charge < -0.3 is 5.11 Å². The largest absolute Gasteiger partial charge is 0.481 e. The third kappa shape index (κ3) is 7.64. The highest BCUT2D eigenvalue weighted by Gasteiger charge is 2.30. The summed E-state index contributed by atoms with van der Waals surface area (Å²) in [6, 6.07) is 0. The standard InChI is InChI=1S/C13H22O2S/c1-12(2,7-6-8-16-5)10-13(3,4)9-11(14)15/h7,9-10H2,1-5H3,(H,14,15). The Labute approximate surface area is 103 Å². The Morgan fingerprint density at radius 2 is 1.81 bits per heavy atom. The van der Waals surface area contributed by atoms with Crippen LogP contribution in [0.3, 0.4) is 0 Å². The number of carboxylic acids is 1. The lowest BCUT2D eigenvalue weighted by molar-refractivity contribution is -0.139. The van der Waals surface area contributed by atoms with Crippen LogP contribution in [0.5, 0.6) is 0 Å². The quantitative estimate of drug-likeness (QED) is 0.748. The minimum absolute atomic E-state index is 0.0711. The van der Waals surface area contributed by atoms with Gasteiger partial charge in [0.05, 0.1) is 6.42 Å². The number of aliphatic carboxylic acids is 1. The van der Waals surface area contributed by atoms with Crippen LogP contribution in [0.1, 0.15) is 47.0 Å². The average molecular weight is 242 g/mol. The predicted octanol–water partition coefficient (Wildman–Crippen LogP) is 3.62. The smallest absolute Gasteiger partial charge is 0.303 e. The molecule has 92 valence electrons. The number of carbonyl (C=O) groups is 1. The molecular formula is C13H22O2S. The van der Waals surface area contributed by atoms with Crippen molar-refractivity contribution < 1.29 is 9.90 Å².